The summed E-state index contributed by atoms with van der Waals surface area (Å²) in [5.41, 5.74) is 5.84. The van der Waals surface area contributed by atoms with E-state index in [9.17, 15) is 4.79 Å². The third-order valence-electron chi connectivity index (χ3n) is 6.48. The number of hydrogen-bond acceptors (Lipinski definition) is 2. The molecule has 2 aliphatic carbocycles. The predicted molar refractivity (Wildman–Crippen MR) is 85.7 cm³/mol. The molecule has 2 N–H and O–H groups in total. The first-order chi connectivity index (χ1) is 10.2. The van der Waals surface area contributed by atoms with Crippen molar-refractivity contribution in [1.29, 1.82) is 0 Å². The highest BCUT2D eigenvalue weighted by Gasteiger charge is 2.38. The van der Waals surface area contributed by atoms with Gasteiger partial charge in [-0.3, -0.25) is 4.79 Å². The van der Waals surface area contributed by atoms with E-state index < -0.39 is 0 Å². The van der Waals surface area contributed by atoms with E-state index in [0.29, 0.717) is 23.8 Å². The molecule has 3 nitrogen and oxygen atoms in total. The van der Waals surface area contributed by atoms with Crippen LogP contribution in [-0.2, 0) is 4.79 Å². The monoisotopic (exact) mass is 292 g/mol. The minimum Gasteiger partial charge on any atom is -0.339 e. The van der Waals surface area contributed by atoms with Gasteiger partial charge < -0.3 is 10.6 Å². The van der Waals surface area contributed by atoms with E-state index in [1.807, 2.05) is 0 Å². The van der Waals surface area contributed by atoms with Crippen molar-refractivity contribution in [3.05, 3.63) is 0 Å². The van der Waals surface area contributed by atoms with Crippen LogP contribution in [0, 0.1) is 23.7 Å². The largest absolute Gasteiger partial charge is 0.339 e. The summed E-state index contributed by atoms with van der Waals surface area (Å²) in [6, 6.07) is 0.421. The van der Waals surface area contributed by atoms with Gasteiger partial charge in [-0.1, -0.05) is 25.7 Å². The van der Waals surface area contributed by atoms with Crippen LogP contribution >= 0.6 is 0 Å². The van der Waals surface area contributed by atoms with Crippen molar-refractivity contribution in [3.8, 4) is 0 Å². The zero-order valence-corrected chi connectivity index (χ0v) is 13.6. The first-order valence-electron chi connectivity index (χ1n) is 9.19. The van der Waals surface area contributed by atoms with Crippen molar-refractivity contribution in [2.45, 2.75) is 70.8 Å². The summed E-state index contributed by atoms with van der Waals surface area (Å²) >= 11 is 0. The van der Waals surface area contributed by atoms with Crippen molar-refractivity contribution >= 4 is 5.91 Å². The number of carbonyl (C=O) groups is 1. The number of carbonyl (C=O) groups excluding carboxylic acids is 1. The minimum atomic E-state index is 0.309. The van der Waals surface area contributed by atoms with Crippen LogP contribution < -0.4 is 5.73 Å². The minimum absolute atomic E-state index is 0.309. The highest BCUT2D eigenvalue weighted by molar-refractivity contribution is 5.79. The molecule has 120 valence electrons. The van der Waals surface area contributed by atoms with Gasteiger partial charge in [0.15, 0.2) is 0 Å². The molecule has 3 heteroatoms. The molecule has 0 aromatic carbocycles. The standard InChI is InChI=1S/C18H32N2O/c1-13-6-7-14(11-19)12-20(13)18(21)17-9-8-15-4-2-3-5-16(15)10-17/h13-17H,2-12,19H2,1H3. The van der Waals surface area contributed by atoms with Gasteiger partial charge in [0.05, 0.1) is 0 Å². The quantitative estimate of drug-likeness (QED) is 0.849. The second-order valence-electron chi connectivity index (χ2n) is 7.83. The summed E-state index contributed by atoms with van der Waals surface area (Å²) in [7, 11) is 0. The zero-order valence-electron chi connectivity index (χ0n) is 13.6. The predicted octanol–water partition coefficient (Wildman–Crippen LogP) is 3.18. The van der Waals surface area contributed by atoms with Crippen molar-refractivity contribution in [2.75, 3.05) is 13.1 Å². The van der Waals surface area contributed by atoms with Gasteiger partial charge in [0.1, 0.15) is 0 Å². The Labute approximate surface area is 129 Å². The smallest absolute Gasteiger partial charge is 0.225 e. The van der Waals surface area contributed by atoms with E-state index in [2.05, 4.69) is 11.8 Å². The highest BCUT2D eigenvalue weighted by Crippen LogP contribution is 2.43. The Balaban J connectivity index is 1.61. The summed E-state index contributed by atoms with van der Waals surface area (Å²) in [4.78, 5) is 15.2. The van der Waals surface area contributed by atoms with E-state index in [0.717, 1.165) is 37.8 Å². The second kappa shape index (κ2) is 6.68. The number of nitrogens with two attached hydrogens (primary N) is 1. The lowest BCUT2D eigenvalue weighted by Gasteiger charge is -2.43. The van der Waals surface area contributed by atoms with Crippen molar-refractivity contribution in [2.24, 2.45) is 29.4 Å². The second-order valence-corrected chi connectivity index (χ2v) is 7.83. The lowest BCUT2D eigenvalue weighted by atomic mass is 9.67. The van der Waals surface area contributed by atoms with Crippen LogP contribution in [0.1, 0.15) is 64.7 Å². The number of likely N-dealkylation sites (tertiary alicyclic amines) is 1. The number of nitrogens with zero attached hydrogens (tertiary/aromatic N) is 1. The van der Waals surface area contributed by atoms with E-state index >= 15 is 0 Å². The van der Waals surface area contributed by atoms with Gasteiger partial charge >= 0.3 is 0 Å². The Morgan fingerprint density at radius 3 is 2.57 bits per heavy atom. The summed E-state index contributed by atoms with van der Waals surface area (Å²) < 4.78 is 0. The van der Waals surface area contributed by atoms with E-state index in [1.54, 1.807) is 0 Å². The van der Waals surface area contributed by atoms with Crippen LogP contribution in [-0.4, -0.2) is 29.9 Å². The maximum Gasteiger partial charge on any atom is 0.225 e. The molecule has 1 amide bonds. The zero-order chi connectivity index (χ0) is 14.8. The molecule has 0 spiro atoms. The van der Waals surface area contributed by atoms with Crippen LogP contribution in [0.15, 0.2) is 0 Å². The van der Waals surface area contributed by atoms with Gasteiger partial charge in [0.25, 0.3) is 0 Å². The molecule has 5 unspecified atom stereocenters. The van der Waals surface area contributed by atoms with E-state index in [4.69, 9.17) is 5.73 Å². The maximum atomic E-state index is 13.0. The molecule has 1 heterocycles. The van der Waals surface area contributed by atoms with Crippen molar-refractivity contribution in [3.63, 3.8) is 0 Å². The van der Waals surface area contributed by atoms with Crippen LogP contribution in [0.25, 0.3) is 0 Å². The molecule has 0 aromatic rings. The summed E-state index contributed by atoms with van der Waals surface area (Å²) in [5.74, 6) is 3.05. The summed E-state index contributed by atoms with van der Waals surface area (Å²) in [6.45, 7) is 3.85. The molecule has 5 atom stereocenters. The Morgan fingerprint density at radius 2 is 1.81 bits per heavy atom. The van der Waals surface area contributed by atoms with E-state index in [-0.39, 0.29) is 0 Å². The van der Waals surface area contributed by atoms with Gasteiger partial charge in [-0.2, -0.15) is 0 Å². The van der Waals surface area contributed by atoms with Crippen LogP contribution in [0.4, 0.5) is 0 Å². The molecule has 3 aliphatic rings. The molecule has 0 aromatic heterocycles. The van der Waals surface area contributed by atoms with Crippen molar-refractivity contribution < 1.29 is 4.79 Å². The van der Waals surface area contributed by atoms with Crippen LogP contribution in [0.2, 0.25) is 0 Å². The average Bonchev–Trinajstić information content (AvgIpc) is 2.54. The fourth-order valence-electron chi connectivity index (χ4n) is 5.01. The number of fused-ring (bicyclic) bond motifs is 1. The molecular formula is C18H32N2O. The maximum absolute atomic E-state index is 13.0. The van der Waals surface area contributed by atoms with Crippen molar-refractivity contribution in [1.82, 2.24) is 4.90 Å². The molecular weight excluding hydrogens is 260 g/mol. The van der Waals surface area contributed by atoms with E-state index in [1.165, 1.54) is 44.9 Å². The highest BCUT2D eigenvalue weighted by atomic mass is 16.2. The summed E-state index contributed by atoms with van der Waals surface area (Å²) in [6.07, 6.45) is 11.5. The number of amides is 1. The van der Waals surface area contributed by atoms with Gasteiger partial charge in [-0.15, -0.1) is 0 Å². The lowest BCUT2D eigenvalue weighted by Crippen LogP contribution is -2.50. The molecule has 1 aliphatic heterocycles. The Morgan fingerprint density at radius 1 is 1.05 bits per heavy atom. The Bertz CT molecular complexity index is 370. The van der Waals surface area contributed by atoms with Crippen LogP contribution in [0.3, 0.4) is 0 Å². The average molecular weight is 292 g/mol. The third kappa shape index (κ3) is 3.28. The Hall–Kier alpha value is -0.570. The fourth-order valence-corrected chi connectivity index (χ4v) is 5.01. The van der Waals surface area contributed by atoms with Gasteiger partial charge in [0.2, 0.25) is 5.91 Å². The topological polar surface area (TPSA) is 46.3 Å². The van der Waals surface area contributed by atoms with Gasteiger partial charge in [-0.25, -0.2) is 0 Å². The lowest BCUT2D eigenvalue weighted by molar-refractivity contribution is -0.142. The van der Waals surface area contributed by atoms with Gasteiger partial charge in [-0.05, 0) is 63.3 Å². The van der Waals surface area contributed by atoms with Gasteiger partial charge in [0, 0.05) is 18.5 Å². The molecule has 0 bridgehead atoms. The molecule has 3 fully saturated rings. The molecule has 21 heavy (non-hydrogen) atoms. The molecule has 0 radical (unpaired) electrons. The normalized spacial score (nSPS) is 40.7. The molecule has 1 saturated heterocycles. The van der Waals surface area contributed by atoms with Crippen LogP contribution in [0.5, 0.6) is 0 Å². The Kier molecular flexibility index (Phi) is 4.88. The first kappa shape index (κ1) is 15.3. The SMILES string of the molecule is CC1CCC(CN)CN1C(=O)C1CCC2CCCCC2C1. The first-order valence-corrected chi connectivity index (χ1v) is 9.19. The third-order valence-corrected chi connectivity index (χ3v) is 6.48. The summed E-state index contributed by atoms with van der Waals surface area (Å²) in [5, 5.41) is 0. The number of hydrogen-bond donors (Lipinski definition) is 1. The molecule has 2 saturated carbocycles. The molecule has 3 rings (SSSR count). The fraction of sp³-hybridized carbons (Fsp3) is 0.944. The number of piperidine rings is 1. The number of rotatable bonds is 2.